The monoisotopic (exact) mass is 98.0 g/mol. The van der Waals surface area contributed by atoms with Gasteiger partial charge in [-0.1, -0.05) is 0 Å². The quantitative estimate of drug-likeness (QED) is 0.327. The SMILES string of the molecule is B.F.F.F.[NaH]. The molecule has 0 radical (unpaired) electrons. The Kier molecular flexibility index (Phi) is 3730. The molecule has 0 saturated heterocycles. The molecule has 5 heavy (non-hydrogen) atoms. The van der Waals surface area contributed by atoms with Crippen LogP contribution in [0.5, 0.6) is 0 Å². The van der Waals surface area contributed by atoms with Gasteiger partial charge >= 0.3 is 29.6 Å². The second-order valence-corrected chi connectivity index (χ2v) is 0. The zero-order valence-electron chi connectivity index (χ0n) is 1.22. The minimum absolute atomic E-state index is 0. The van der Waals surface area contributed by atoms with Gasteiger partial charge in [-0.2, -0.15) is 0 Å². The van der Waals surface area contributed by atoms with E-state index in [0.717, 1.165) is 0 Å². The number of hydrogen-bond donors (Lipinski definition) is 0. The molecule has 0 rings (SSSR count). The third kappa shape index (κ3) is 54.1. The predicted octanol–water partition coefficient (Wildman–Crippen LogP) is -1.37. The Morgan fingerprint density at radius 1 is 0.600 bits per heavy atom. The first-order valence-corrected chi connectivity index (χ1v) is 0. The summed E-state index contributed by atoms with van der Waals surface area (Å²) in [6, 6.07) is 0. The Morgan fingerprint density at radius 3 is 0.600 bits per heavy atom. The van der Waals surface area contributed by atoms with Crippen LogP contribution in [-0.4, -0.2) is 38.0 Å². The van der Waals surface area contributed by atoms with Crippen molar-refractivity contribution in [1.29, 1.82) is 0 Å². The number of hydrogen-bond acceptors (Lipinski definition) is 0. The Morgan fingerprint density at radius 2 is 0.600 bits per heavy atom. The van der Waals surface area contributed by atoms with Gasteiger partial charge in [0.25, 0.3) is 0 Å². The van der Waals surface area contributed by atoms with Crippen molar-refractivity contribution in [3.63, 3.8) is 0 Å². The van der Waals surface area contributed by atoms with Crippen LogP contribution in [0.4, 0.5) is 14.1 Å². The zero-order valence-corrected chi connectivity index (χ0v) is 1.22. The Labute approximate surface area is 52.3 Å². The molecule has 0 atom stereocenters. The van der Waals surface area contributed by atoms with Gasteiger partial charge in [-0.15, -0.1) is 0 Å². The summed E-state index contributed by atoms with van der Waals surface area (Å²) in [6.45, 7) is 0. The van der Waals surface area contributed by atoms with Gasteiger partial charge in [0.1, 0.15) is 0 Å². The maximum absolute atomic E-state index is 0. The van der Waals surface area contributed by atoms with E-state index in [1.54, 1.807) is 0 Å². The number of rotatable bonds is 0. The molecule has 0 aromatic rings. The fraction of sp³-hybridized carbons (Fsp3) is 0. The summed E-state index contributed by atoms with van der Waals surface area (Å²) < 4.78 is 0. The molecule has 5 heteroatoms. The molecule has 0 unspecified atom stereocenters. The van der Waals surface area contributed by atoms with E-state index < -0.39 is 0 Å². The van der Waals surface area contributed by atoms with Crippen molar-refractivity contribution >= 4 is 38.0 Å². The molecule has 0 heterocycles. The molecule has 0 saturated carbocycles. The second-order valence-electron chi connectivity index (χ2n) is 0. The van der Waals surface area contributed by atoms with Gasteiger partial charge in [-0.05, 0) is 0 Å². The van der Waals surface area contributed by atoms with Gasteiger partial charge in [-0.25, -0.2) is 0 Å². The summed E-state index contributed by atoms with van der Waals surface area (Å²) in [6.07, 6.45) is 0. The Balaban J connectivity index is 0. The topological polar surface area (TPSA) is 0 Å². The van der Waals surface area contributed by atoms with E-state index in [2.05, 4.69) is 0 Å². The van der Waals surface area contributed by atoms with Gasteiger partial charge < -0.3 is 0 Å². The first-order valence-electron chi connectivity index (χ1n) is 0. The molecule has 0 aliphatic rings. The third-order valence-electron chi connectivity index (χ3n) is 0. The minimum atomic E-state index is 0. The summed E-state index contributed by atoms with van der Waals surface area (Å²) >= 11 is 0. The molecule has 0 nitrogen and oxygen atoms in total. The molecule has 0 aliphatic heterocycles. The van der Waals surface area contributed by atoms with Crippen LogP contribution in [0.2, 0.25) is 0 Å². The Hall–Kier alpha value is 0.855. The van der Waals surface area contributed by atoms with E-state index in [0.29, 0.717) is 0 Å². The van der Waals surface area contributed by atoms with Crippen molar-refractivity contribution in [1.82, 2.24) is 0 Å². The average Bonchev–Trinajstić information content (AvgIpc) is 0. The summed E-state index contributed by atoms with van der Waals surface area (Å²) in [5.74, 6) is 0. The summed E-state index contributed by atoms with van der Waals surface area (Å²) in [5.41, 5.74) is 0. The van der Waals surface area contributed by atoms with E-state index >= 15 is 0 Å². The maximum atomic E-state index is 0. The van der Waals surface area contributed by atoms with Crippen molar-refractivity contribution < 1.29 is 14.1 Å². The van der Waals surface area contributed by atoms with Crippen LogP contribution in [-0.2, 0) is 0 Å². The fourth-order valence-corrected chi connectivity index (χ4v) is 0. The summed E-state index contributed by atoms with van der Waals surface area (Å²) in [7, 11) is 0. The van der Waals surface area contributed by atoms with E-state index in [9.17, 15) is 0 Å². The molecule has 0 amide bonds. The van der Waals surface area contributed by atoms with Crippen molar-refractivity contribution in [3.8, 4) is 0 Å². The molecule has 0 N–H and O–H groups in total. The van der Waals surface area contributed by atoms with Crippen LogP contribution < -0.4 is 0 Å². The van der Waals surface area contributed by atoms with Crippen LogP contribution in [0.25, 0.3) is 0 Å². The van der Waals surface area contributed by atoms with Gasteiger partial charge in [0.2, 0.25) is 0 Å². The number of halogens is 3. The first-order chi connectivity index (χ1) is 0. The molecule has 0 fully saturated rings. The van der Waals surface area contributed by atoms with Crippen LogP contribution >= 0.6 is 0 Å². The van der Waals surface area contributed by atoms with Crippen molar-refractivity contribution in [2.75, 3.05) is 0 Å². The first kappa shape index (κ1) is 189. The second kappa shape index (κ2) is 98.7. The van der Waals surface area contributed by atoms with Crippen molar-refractivity contribution in [2.24, 2.45) is 0 Å². The van der Waals surface area contributed by atoms with Crippen molar-refractivity contribution in [2.45, 2.75) is 0 Å². The van der Waals surface area contributed by atoms with E-state index in [4.69, 9.17) is 0 Å². The van der Waals surface area contributed by atoms with Crippen molar-refractivity contribution in [3.05, 3.63) is 0 Å². The van der Waals surface area contributed by atoms with Crippen LogP contribution in [0.1, 0.15) is 0 Å². The van der Waals surface area contributed by atoms with Gasteiger partial charge in [0, 0.05) is 0 Å². The van der Waals surface area contributed by atoms with Gasteiger partial charge in [0.15, 0.2) is 0 Å². The normalized spacial score (nSPS) is 0. The molecule has 0 aromatic heterocycles. The molecular weight excluding hydrogens is 90.8 g/mol. The van der Waals surface area contributed by atoms with E-state index in [1.165, 1.54) is 0 Å². The molecule has 0 aliphatic carbocycles. The van der Waals surface area contributed by atoms with E-state index in [-0.39, 0.29) is 52.1 Å². The molecule has 32 valence electrons. The standard InChI is InChI=1S/BH3.3FH.Na.H/h1H3;3*1H;;. The third-order valence-corrected chi connectivity index (χ3v) is 0. The Bertz CT molecular complexity index is 6.85. The molecule has 0 aromatic carbocycles. The van der Waals surface area contributed by atoms with Crippen LogP contribution in [0, 0.1) is 0 Å². The van der Waals surface area contributed by atoms with Gasteiger partial charge in [-0.3, -0.25) is 14.1 Å². The van der Waals surface area contributed by atoms with Crippen LogP contribution in [0.3, 0.4) is 0 Å². The molecule has 0 spiro atoms. The molecular formula is H7BF3Na. The molecule has 0 bridgehead atoms. The zero-order chi connectivity index (χ0) is 0. The summed E-state index contributed by atoms with van der Waals surface area (Å²) in [4.78, 5) is 0. The average molecular weight is 97.9 g/mol. The van der Waals surface area contributed by atoms with Gasteiger partial charge in [0.05, 0.1) is 8.41 Å². The summed E-state index contributed by atoms with van der Waals surface area (Å²) in [5, 5.41) is 0. The van der Waals surface area contributed by atoms with Crippen LogP contribution in [0.15, 0.2) is 0 Å². The predicted molar refractivity (Wildman–Crippen MR) is 24.6 cm³/mol. The fourth-order valence-electron chi connectivity index (χ4n) is 0. The van der Waals surface area contributed by atoms with E-state index in [1.807, 2.05) is 0 Å².